The Hall–Kier alpha value is -4.39. The number of benzene rings is 3. The first kappa shape index (κ1) is 20.9. The molecule has 1 amide bonds. The SMILES string of the molecule is COc1ccc(C(=O)N/N=C\c2cn(-c3ccccc3)nc2-c2ccc(OC)cc2)cc1. The van der Waals surface area contributed by atoms with Gasteiger partial charge in [0.25, 0.3) is 5.91 Å². The molecule has 4 rings (SSSR count). The Balaban J connectivity index is 1.60. The lowest BCUT2D eigenvalue weighted by atomic mass is 10.1. The van der Waals surface area contributed by atoms with Crippen LogP contribution in [0.25, 0.3) is 16.9 Å². The van der Waals surface area contributed by atoms with Crippen LogP contribution in [0.15, 0.2) is 90.2 Å². The number of hydrogen-bond acceptors (Lipinski definition) is 5. The number of aromatic nitrogens is 2. The Labute approximate surface area is 185 Å². The van der Waals surface area contributed by atoms with Crippen LogP contribution in [0.2, 0.25) is 0 Å². The summed E-state index contributed by atoms with van der Waals surface area (Å²) in [4.78, 5) is 12.4. The van der Waals surface area contributed by atoms with E-state index in [4.69, 9.17) is 14.6 Å². The van der Waals surface area contributed by atoms with Crippen molar-refractivity contribution < 1.29 is 14.3 Å². The third-order valence-corrected chi connectivity index (χ3v) is 4.85. The summed E-state index contributed by atoms with van der Waals surface area (Å²) >= 11 is 0. The van der Waals surface area contributed by atoms with E-state index < -0.39 is 0 Å². The topological polar surface area (TPSA) is 77.7 Å². The molecule has 0 aliphatic rings. The van der Waals surface area contributed by atoms with Crippen LogP contribution in [-0.2, 0) is 0 Å². The molecule has 1 heterocycles. The second-order valence-corrected chi connectivity index (χ2v) is 6.87. The Morgan fingerprint density at radius 3 is 2.16 bits per heavy atom. The number of amides is 1. The van der Waals surface area contributed by atoms with Crippen LogP contribution in [0.3, 0.4) is 0 Å². The van der Waals surface area contributed by atoms with Gasteiger partial charge in [0.2, 0.25) is 0 Å². The summed E-state index contributed by atoms with van der Waals surface area (Å²) in [7, 11) is 3.21. The molecule has 4 aromatic rings. The van der Waals surface area contributed by atoms with E-state index in [9.17, 15) is 4.79 Å². The lowest BCUT2D eigenvalue weighted by molar-refractivity contribution is 0.0955. The largest absolute Gasteiger partial charge is 0.497 e. The summed E-state index contributed by atoms with van der Waals surface area (Å²) in [5.74, 6) is 1.13. The van der Waals surface area contributed by atoms with Crippen molar-refractivity contribution in [1.82, 2.24) is 15.2 Å². The smallest absolute Gasteiger partial charge is 0.271 e. The van der Waals surface area contributed by atoms with E-state index in [2.05, 4.69) is 10.5 Å². The van der Waals surface area contributed by atoms with E-state index in [0.717, 1.165) is 28.3 Å². The van der Waals surface area contributed by atoms with Gasteiger partial charge in [0, 0.05) is 22.9 Å². The first-order valence-corrected chi connectivity index (χ1v) is 9.95. The number of rotatable bonds is 7. The number of carbonyl (C=O) groups excluding carboxylic acids is 1. The van der Waals surface area contributed by atoms with Gasteiger partial charge in [0.1, 0.15) is 17.2 Å². The standard InChI is InChI=1S/C25H22N4O3/c1-31-22-12-8-18(9-13-22)24-20(17-29(28-24)21-6-4-3-5-7-21)16-26-27-25(30)19-10-14-23(32-2)15-11-19/h3-17H,1-2H3,(H,27,30)/b26-16-. The maximum atomic E-state index is 12.4. The van der Waals surface area contributed by atoms with Crippen molar-refractivity contribution in [2.75, 3.05) is 14.2 Å². The van der Waals surface area contributed by atoms with Crippen molar-refractivity contribution >= 4 is 12.1 Å². The van der Waals surface area contributed by atoms with Crippen molar-refractivity contribution in [3.63, 3.8) is 0 Å². The van der Waals surface area contributed by atoms with Gasteiger partial charge in [0.15, 0.2) is 0 Å². The van der Waals surface area contributed by atoms with Crippen LogP contribution in [0.1, 0.15) is 15.9 Å². The molecule has 1 aromatic heterocycles. The van der Waals surface area contributed by atoms with Crippen LogP contribution in [-0.4, -0.2) is 36.1 Å². The predicted octanol–water partition coefficient (Wildman–Crippen LogP) is 4.32. The molecule has 7 nitrogen and oxygen atoms in total. The van der Waals surface area contributed by atoms with Crippen LogP contribution >= 0.6 is 0 Å². The van der Waals surface area contributed by atoms with Crippen LogP contribution in [0, 0.1) is 0 Å². The molecular weight excluding hydrogens is 404 g/mol. The second kappa shape index (κ2) is 9.61. The summed E-state index contributed by atoms with van der Waals surface area (Å²) < 4.78 is 12.2. The van der Waals surface area contributed by atoms with E-state index in [1.807, 2.05) is 60.8 Å². The highest BCUT2D eigenvalue weighted by atomic mass is 16.5. The van der Waals surface area contributed by atoms with E-state index >= 15 is 0 Å². The molecular formula is C25H22N4O3. The number of nitrogens with zero attached hydrogens (tertiary/aromatic N) is 3. The molecule has 0 aliphatic heterocycles. The first-order chi connectivity index (χ1) is 15.7. The van der Waals surface area contributed by atoms with E-state index in [1.54, 1.807) is 49.4 Å². The van der Waals surface area contributed by atoms with E-state index in [-0.39, 0.29) is 5.91 Å². The van der Waals surface area contributed by atoms with Gasteiger partial charge in [-0.25, -0.2) is 10.1 Å². The molecule has 0 spiro atoms. The van der Waals surface area contributed by atoms with Gasteiger partial charge < -0.3 is 9.47 Å². The summed E-state index contributed by atoms with van der Waals surface area (Å²) in [6.45, 7) is 0. The number of para-hydroxylation sites is 1. The fraction of sp³-hybridized carbons (Fsp3) is 0.0800. The fourth-order valence-corrected chi connectivity index (χ4v) is 3.14. The average molecular weight is 426 g/mol. The maximum Gasteiger partial charge on any atom is 0.271 e. The van der Waals surface area contributed by atoms with Crippen LogP contribution < -0.4 is 14.9 Å². The summed E-state index contributed by atoms with van der Waals surface area (Å²) in [5.41, 5.74) is 6.37. The van der Waals surface area contributed by atoms with Crippen molar-refractivity contribution in [1.29, 1.82) is 0 Å². The number of hydrogen-bond donors (Lipinski definition) is 1. The quantitative estimate of drug-likeness (QED) is 0.353. The molecule has 7 heteroatoms. The monoisotopic (exact) mass is 426 g/mol. The van der Waals surface area contributed by atoms with Gasteiger partial charge in [-0.15, -0.1) is 0 Å². The minimum absolute atomic E-state index is 0.314. The molecule has 1 N–H and O–H groups in total. The number of methoxy groups -OCH3 is 2. The Bertz CT molecular complexity index is 1210. The van der Waals surface area contributed by atoms with Crippen molar-refractivity contribution in [2.45, 2.75) is 0 Å². The Morgan fingerprint density at radius 1 is 0.906 bits per heavy atom. The normalized spacial score (nSPS) is 10.8. The van der Waals surface area contributed by atoms with Crippen molar-refractivity contribution in [2.24, 2.45) is 5.10 Å². The molecule has 0 aliphatic carbocycles. The van der Waals surface area contributed by atoms with Gasteiger partial charge in [0.05, 0.1) is 26.1 Å². The predicted molar refractivity (Wildman–Crippen MR) is 124 cm³/mol. The Morgan fingerprint density at radius 2 is 1.53 bits per heavy atom. The second-order valence-electron chi connectivity index (χ2n) is 6.87. The van der Waals surface area contributed by atoms with Gasteiger partial charge in [-0.05, 0) is 60.7 Å². The lowest BCUT2D eigenvalue weighted by Crippen LogP contribution is -2.17. The fourth-order valence-electron chi connectivity index (χ4n) is 3.14. The number of ether oxygens (including phenoxy) is 2. The summed E-state index contributed by atoms with van der Waals surface area (Å²) in [5, 5.41) is 8.89. The number of hydrazone groups is 1. The van der Waals surface area contributed by atoms with E-state index in [1.165, 1.54) is 0 Å². The molecule has 3 aromatic carbocycles. The molecule has 0 atom stereocenters. The molecule has 160 valence electrons. The zero-order valence-electron chi connectivity index (χ0n) is 17.7. The van der Waals surface area contributed by atoms with Crippen LogP contribution in [0.5, 0.6) is 11.5 Å². The van der Waals surface area contributed by atoms with Crippen molar-refractivity contribution in [3.8, 4) is 28.4 Å². The maximum absolute atomic E-state index is 12.4. The third-order valence-electron chi connectivity index (χ3n) is 4.85. The Kier molecular flexibility index (Phi) is 6.27. The highest BCUT2D eigenvalue weighted by molar-refractivity contribution is 5.95. The van der Waals surface area contributed by atoms with Crippen LogP contribution in [0.4, 0.5) is 0 Å². The van der Waals surface area contributed by atoms with Gasteiger partial charge >= 0.3 is 0 Å². The van der Waals surface area contributed by atoms with E-state index in [0.29, 0.717) is 11.3 Å². The molecule has 0 saturated carbocycles. The zero-order chi connectivity index (χ0) is 22.3. The minimum Gasteiger partial charge on any atom is -0.497 e. The molecule has 0 unspecified atom stereocenters. The molecule has 0 bridgehead atoms. The molecule has 0 fully saturated rings. The summed E-state index contributed by atoms with van der Waals surface area (Å²) in [6.07, 6.45) is 3.46. The number of carbonyl (C=O) groups is 1. The first-order valence-electron chi connectivity index (χ1n) is 9.95. The number of nitrogens with one attached hydrogen (secondary N) is 1. The van der Waals surface area contributed by atoms with Gasteiger partial charge in [-0.1, -0.05) is 18.2 Å². The molecule has 0 radical (unpaired) electrons. The highest BCUT2D eigenvalue weighted by Crippen LogP contribution is 2.25. The average Bonchev–Trinajstić information content (AvgIpc) is 3.29. The zero-order valence-corrected chi connectivity index (χ0v) is 17.7. The van der Waals surface area contributed by atoms with Gasteiger partial charge in [-0.3, -0.25) is 4.79 Å². The van der Waals surface area contributed by atoms with Crippen molar-refractivity contribution in [3.05, 3.63) is 96.2 Å². The highest BCUT2D eigenvalue weighted by Gasteiger charge is 2.12. The third kappa shape index (κ3) is 4.67. The molecule has 32 heavy (non-hydrogen) atoms. The lowest BCUT2D eigenvalue weighted by Gasteiger charge is -2.03. The summed E-state index contributed by atoms with van der Waals surface area (Å²) in [6, 6.07) is 24.2. The minimum atomic E-state index is -0.314. The van der Waals surface area contributed by atoms with Gasteiger partial charge in [-0.2, -0.15) is 10.2 Å². The molecule has 0 saturated heterocycles.